The Morgan fingerprint density at radius 2 is 1.95 bits per heavy atom. The van der Waals surface area contributed by atoms with Crippen LogP contribution in [0.1, 0.15) is 24.3 Å². The van der Waals surface area contributed by atoms with Crippen LogP contribution in [0.5, 0.6) is 0 Å². The van der Waals surface area contributed by atoms with Crippen LogP contribution in [0.4, 0.5) is 5.69 Å². The van der Waals surface area contributed by atoms with E-state index in [0.717, 1.165) is 19.5 Å². The summed E-state index contributed by atoms with van der Waals surface area (Å²) >= 11 is 1.82. The summed E-state index contributed by atoms with van der Waals surface area (Å²) in [4.78, 5) is 3.72. The van der Waals surface area contributed by atoms with Gasteiger partial charge in [0, 0.05) is 30.2 Å². The van der Waals surface area contributed by atoms with Gasteiger partial charge in [-0.25, -0.2) is 0 Å². The smallest absolute Gasteiger partial charge is 0.0386 e. The van der Waals surface area contributed by atoms with Crippen LogP contribution in [-0.2, 0) is 0 Å². The maximum Gasteiger partial charge on any atom is 0.0386 e. The van der Waals surface area contributed by atoms with Crippen LogP contribution in [0.25, 0.3) is 0 Å². The summed E-state index contributed by atoms with van der Waals surface area (Å²) in [5.41, 5.74) is 1.29. The van der Waals surface area contributed by atoms with Gasteiger partial charge in [0.25, 0.3) is 0 Å². The topological polar surface area (TPSA) is 15.3 Å². The number of rotatable bonds is 7. The van der Waals surface area contributed by atoms with Crippen molar-refractivity contribution < 1.29 is 0 Å². The van der Waals surface area contributed by atoms with Crippen LogP contribution in [0.3, 0.4) is 0 Å². The van der Waals surface area contributed by atoms with Gasteiger partial charge in [-0.2, -0.15) is 0 Å². The van der Waals surface area contributed by atoms with E-state index in [1.807, 2.05) is 11.3 Å². The van der Waals surface area contributed by atoms with Gasteiger partial charge in [-0.3, -0.25) is 0 Å². The number of anilines is 1. The molecule has 0 aliphatic carbocycles. The number of nitrogens with zero attached hydrogens (tertiary/aromatic N) is 1. The molecule has 1 atom stereocenters. The lowest BCUT2D eigenvalue weighted by atomic mass is 10.2. The van der Waals surface area contributed by atoms with Crippen molar-refractivity contribution in [3.05, 3.63) is 52.7 Å². The molecule has 2 nitrogen and oxygen atoms in total. The average Bonchev–Trinajstić information content (AvgIpc) is 2.98. The summed E-state index contributed by atoms with van der Waals surface area (Å²) in [5, 5.41) is 5.71. The number of nitrogens with one attached hydrogen (secondary N) is 1. The Morgan fingerprint density at radius 1 is 1.16 bits per heavy atom. The second-order valence-corrected chi connectivity index (χ2v) is 5.78. The number of hydrogen-bond donors (Lipinski definition) is 1. The van der Waals surface area contributed by atoms with Crippen LogP contribution in [0.2, 0.25) is 0 Å². The fraction of sp³-hybridized carbons (Fsp3) is 0.375. The highest BCUT2D eigenvalue weighted by Gasteiger charge is 2.05. The van der Waals surface area contributed by atoms with Crippen LogP contribution in [0.15, 0.2) is 47.8 Å². The van der Waals surface area contributed by atoms with Crippen molar-refractivity contribution >= 4 is 17.0 Å². The molecule has 19 heavy (non-hydrogen) atoms. The predicted molar refractivity (Wildman–Crippen MR) is 85.1 cm³/mol. The standard InChI is InChI=1S/C16H22N2S/c1-14(16-10-6-13-19-16)17-11-7-12-18(2)15-8-4-3-5-9-15/h3-6,8-10,13-14,17H,7,11-12H2,1-2H3. The molecule has 1 aromatic carbocycles. The van der Waals surface area contributed by atoms with Crippen molar-refractivity contribution in [1.82, 2.24) is 5.32 Å². The molecule has 0 aliphatic rings. The van der Waals surface area contributed by atoms with Crippen molar-refractivity contribution in [2.24, 2.45) is 0 Å². The SMILES string of the molecule is CC(NCCCN(C)c1ccccc1)c1cccs1. The summed E-state index contributed by atoms with van der Waals surface area (Å²) in [5.74, 6) is 0. The normalized spacial score (nSPS) is 12.3. The van der Waals surface area contributed by atoms with Gasteiger partial charge in [0.05, 0.1) is 0 Å². The zero-order valence-corrected chi connectivity index (χ0v) is 12.5. The Balaban J connectivity index is 1.67. The molecule has 1 aromatic heterocycles. The summed E-state index contributed by atoms with van der Waals surface area (Å²) in [6.45, 7) is 4.36. The summed E-state index contributed by atoms with van der Waals surface area (Å²) in [7, 11) is 2.15. The molecule has 0 saturated heterocycles. The van der Waals surface area contributed by atoms with Gasteiger partial charge in [-0.1, -0.05) is 24.3 Å². The van der Waals surface area contributed by atoms with Crippen LogP contribution >= 0.6 is 11.3 Å². The Hall–Kier alpha value is -1.32. The van der Waals surface area contributed by atoms with Crippen LogP contribution in [-0.4, -0.2) is 20.1 Å². The average molecular weight is 274 g/mol. The maximum absolute atomic E-state index is 3.58. The molecule has 1 heterocycles. The monoisotopic (exact) mass is 274 g/mol. The second kappa shape index (κ2) is 7.31. The molecule has 0 bridgehead atoms. The maximum atomic E-state index is 3.58. The molecular formula is C16H22N2S. The Labute approximate surface area is 120 Å². The molecule has 2 rings (SSSR count). The van der Waals surface area contributed by atoms with Crippen molar-refractivity contribution in [3.63, 3.8) is 0 Å². The van der Waals surface area contributed by atoms with Gasteiger partial charge in [-0.15, -0.1) is 11.3 Å². The summed E-state index contributed by atoms with van der Waals surface area (Å²) in [6, 6.07) is 15.3. The predicted octanol–water partition coefficient (Wildman–Crippen LogP) is 3.93. The molecule has 0 radical (unpaired) electrons. The lowest BCUT2D eigenvalue weighted by molar-refractivity contribution is 0.565. The number of hydrogen-bond acceptors (Lipinski definition) is 3. The number of thiophene rings is 1. The second-order valence-electron chi connectivity index (χ2n) is 4.80. The third-order valence-electron chi connectivity index (χ3n) is 3.29. The van der Waals surface area contributed by atoms with Crippen LogP contribution < -0.4 is 10.2 Å². The minimum atomic E-state index is 0.460. The largest absolute Gasteiger partial charge is 0.375 e. The molecule has 1 unspecified atom stereocenters. The van der Waals surface area contributed by atoms with E-state index in [9.17, 15) is 0 Å². The van der Waals surface area contributed by atoms with E-state index in [1.54, 1.807) is 0 Å². The van der Waals surface area contributed by atoms with E-state index in [2.05, 4.69) is 72.0 Å². The van der Waals surface area contributed by atoms with E-state index < -0.39 is 0 Å². The fourth-order valence-electron chi connectivity index (χ4n) is 2.08. The fourth-order valence-corrected chi connectivity index (χ4v) is 2.84. The molecule has 0 saturated carbocycles. The first-order valence-electron chi connectivity index (χ1n) is 6.80. The van der Waals surface area contributed by atoms with E-state index >= 15 is 0 Å². The first kappa shape index (κ1) is 14.1. The summed E-state index contributed by atoms with van der Waals surface area (Å²) < 4.78 is 0. The van der Waals surface area contributed by atoms with E-state index in [4.69, 9.17) is 0 Å². The molecule has 1 N–H and O–H groups in total. The van der Waals surface area contributed by atoms with Gasteiger partial charge >= 0.3 is 0 Å². The zero-order chi connectivity index (χ0) is 13.5. The number of para-hydroxylation sites is 1. The highest BCUT2D eigenvalue weighted by atomic mass is 32.1. The van der Waals surface area contributed by atoms with Gasteiger partial charge in [0.2, 0.25) is 0 Å². The molecule has 0 aliphatic heterocycles. The molecule has 2 aromatic rings. The quantitative estimate of drug-likeness (QED) is 0.770. The molecule has 0 spiro atoms. The summed E-state index contributed by atoms with van der Waals surface area (Å²) in [6.07, 6.45) is 1.15. The van der Waals surface area contributed by atoms with Gasteiger partial charge in [0.1, 0.15) is 0 Å². The Bertz CT molecular complexity index is 453. The Morgan fingerprint density at radius 3 is 2.63 bits per heavy atom. The third kappa shape index (κ3) is 4.37. The highest BCUT2D eigenvalue weighted by Crippen LogP contribution is 2.18. The molecular weight excluding hydrogens is 252 g/mol. The van der Waals surface area contributed by atoms with Gasteiger partial charge < -0.3 is 10.2 Å². The van der Waals surface area contributed by atoms with Crippen molar-refractivity contribution in [2.75, 3.05) is 25.0 Å². The molecule has 0 fully saturated rings. The molecule has 3 heteroatoms. The van der Waals surface area contributed by atoms with E-state index in [1.165, 1.54) is 10.6 Å². The lowest BCUT2D eigenvalue weighted by Gasteiger charge is -2.20. The first-order valence-corrected chi connectivity index (χ1v) is 7.68. The highest BCUT2D eigenvalue weighted by molar-refractivity contribution is 7.10. The van der Waals surface area contributed by atoms with E-state index in [-0.39, 0.29) is 0 Å². The minimum absolute atomic E-state index is 0.460. The first-order chi connectivity index (χ1) is 9.27. The van der Waals surface area contributed by atoms with Crippen molar-refractivity contribution in [3.8, 4) is 0 Å². The van der Waals surface area contributed by atoms with Crippen LogP contribution in [0, 0.1) is 0 Å². The van der Waals surface area contributed by atoms with Gasteiger partial charge in [-0.05, 0) is 43.5 Å². The van der Waals surface area contributed by atoms with Gasteiger partial charge in [0.15, 0.2) is 0 Å². The minimum Gasteiger partial charge on any atom is -0.375 e. The molecule has 102 valence electrons. The lowest BCUT2D eigenvalue weighted by Crippen LogP contribution is -2.25. The third-order valence-corrected chi connectivity index (χ3v) is 4.34. The Kier molecular flexibility index (Phi) is 5.43. The molecule has 0 amide bonds. The van der Waals surface area contributed by atoms with Crippen molar-refractivity contribution in [1.29, 1.82) is 0 Å². The number of benzene rings is 1. The van der Waals surface area contributed by atoms with E-state index in [0.29, 0.717) is 6.04 Å². The van der Waals surface area contributed by atoms with Crippen molar-refractivity contribution in [2.45, 2.75) is 19.4 Å². The zero-order valence-electron chi connectivity index (χ0n) is 11.7.